The third kappa shape index (κ3) is 5.83. The highest BCUT2D eigenvalue weighted by atomic mass is 28.3. The number of hydrogen-bond donors (Lipinski definition) is 2. The Labute approximate surface area is 252 Å². The highest BCUT2D eigenvalue weighted by Gasteiger charge is 2.59. The van der Waals surface area contributed by atoms with Crippen LogP contribution in [0.25, 0.3) is 11.0 Å². The number of rotatable bonds is 8. The van der Waals surface area contributed by atoms with Crippen molar-refractivity contribution in [3.8, 4) is 0 Å². The molecule has 0 amide bonds. The summed E-state index contributed by atoms with van der Waals surface area (Å²) in [6.45, 7) is 22.2. The van der Waals surface area contributed by atoms with Gasteiger partial charge in [0.25, 0.3) is 0 Å². The number of nitrogens with one attached hydrogen (secondary N) is 2. The molecule has 3 aliphatic rings. The molecule has 2 aromatic rings. The maximum atomic E-state index is 7.21. The van der Waals surface area contributed by atoms with Crippen molar-refractivity contribution in [3.63, 3.8) is 0 Å². The Bertz CT molecular complexity index is 1250. The van der Waals surface area contributed by atoms with E-state index in [1.54, 1.807) is 5.57 Å². The molecule has 0 saturated heterocycles. The molecule has 1 radical (unpaired) electrons. The number of anilines is 1. The summed E-state index contributed by atoms with van der Waals surface area (Å²) < 4.78 is 7.21. The fourth-order valence-corrected chi connectivity index (χ4v) is 12.8. The second-order valence-corrected chi connectivity index (χ2v) is 19.6. The van der Waals surface area contributed by atoms with Crippen LogP contribution in [-0.2, 0) is 10.8 Å². The van der Waals surface area contributed by atoms with Gasteiger partial charge in [-0.2, -0.15) is 0 Å². The summed E-state index contributed by atoms with van der Waals surface area (Å²) in [5.41, 5.74) is 8.14. The van der Waals surface area contributed by atoms with E-state index in [9.17, 15) is 0 Å². The molecule has 1 heterocycles. The van der Waals surface area contributed by atoms with E-state index in [0.29, 0.717) is 17.1 Å². The van der Waals surface area contributed by atoms with Crippen LogP contribution in [0.15, 0.2) is 29.3 Å². The second kappa shape index (κ2) is 11.5. The van der Waals surface area contributed by atoms with Crippen molar-refractivity contribution in [2.75, 3.05) is 12.4 Å². The highest BCUT2D eigenvalue weighted by Crippen LogP contribution is 2.65. The van der Waals surface area contributed by atoms with E-state index in [-0.39, 0.29) is 10.5 Å². The average molecular weight is 577 g/mol. The Hall–Kier alpha value is -1.59. The maximum absolute atomic E-state index is 7.21. The van der Waals surface area contributed by atoms with Crippen molar-refractivity contribution in [1.82, 2.24) is 9.97 Å². The smallest absolute Gasteiger partial charge is 0.220 e. The summed E-state index contributed by atoms with van der Waals surface area (Å²) in [7, 11) is 1.06. The molecule has 5 rings (SSSR count). The van der Waals surface area contributed by atoms with Gasteiger partial charge in [-0.3, -0.25) is 0 Å². The maximum Gasteiger partial charge on any atom is 0.220 e. The predicted octanol–water partition coefficient (Wildman–Crippen LogP) is 10.1. The van der Waals surface area contributed by atoms with Gasteiger partial charge in [0.2, 0.25) is 9.04 Å². The van der Waals surface area contributed by atoms with Crippen molar-refractivity contribution in [2.45, 2.75) is 137 Å². The van der Waals surface area contributed by atoms with Crippen molar-refractivity contribution in [2.24, 2.45) is 28.6 Å². The quantitative estimate of drug-likeness (QED) is 0.243. The van der Waals surface area contributed by atoms with Crippen LogP contribution in [0.4, 0.5) is 5.69 Å². The van der Waals surface area contributed by atoms with Crippen molar-refractivity contribution >= 4 is 25.8 Å². The van der Waals surface area contributed by atoms with Crippen LogP contribution in [0.5, 0.6) is 0 Å². The number of benzene rings is 1. The minimum atomic E-state index is -0.905. The second-order valence-electron chi connectivity index (χ2n) is 15.9. The van der Waals surface area contributed by atoms with Crippen LogP contribution in [0.1, 0.15) is 120 Å². The SMILES string of the molecule is CNc1ccc2nc(CCCC3=C(C)CC[C@H]4[C@H]3CC[C@H]3C(C)(C)[C@@H](O[Si](C(C)C)C(C)(C)C)CC[C@]43C)[nH]c2c1. The van der Waals surface area contributed by atoms with Crippen molar-refractivity contribution in [1.29, 1.82) is 0 Å². The number of imidazole rings is 1. The van der Waals surface area contributed by atoms with Crippen LogP contribution in [0, 0.1) is 28.6 Å². The summed E-state index contributed by atoms with van der Waals surface area (Å²) in [5, 5.41) is 3.50. The Morgan fingerprint density at radius 3 is 2.54 bits per heavy atom. The molecule has 2 N–H and O–H groups in total. The van der Waals surface area contributed by atoms with Crippen LogP contribution in [0.2, 0.25) is 10.6 Å². The zero-order valence-electron chi connectivity index (χ0n) is 27.8. The number of nitrogens with zero attached hydrogens (tertiary/aromatic N) is 1. The van der Waals surface area contributed by atoms with E-state index in [1.165, 1.54) is 51.4 Å². The van der Waals surface area contributed by atoms with Crippen LogP contribution in [-0.4, -0.2) is 32.2 Å². The third-order valence-electron chi connectivity index (χ3n) is 11.6. The van der Waals surface area contributed by atoms with Gasteiger partial charge in [-0.15, -0.1) is 0 Å². The number of fused-ring (bicyclic) bond motifs is 4. The molecule has 0 bridgehead atoms. The van der Waals surface area contributed by atoms with Gasteiger partial charge in [0.1, 0.15) is 5.82 Å². The summed E-state index contributed by atoms with van der Waals surface area (Å²) in [6.07, 6.45) is 11.8. The fraction of sp³-hybridized carbons (Fsp3) is 0.750. The van der Waals surface area contributed by atoms with Gasteiger partial charge in [0.05, 0.1) is 17.1 Å². The summed E-state index contributed by atoms with van der Waals surface area (Å²) in [6, 6.07) is 6.39. The Morgan fingerprint density at radius 1 is 1.10 bits per heavy atom. The first-order valence-electron chi connectivity index (χ1n) is 16.6. The number of aromatic amines is 1. The normalized spacial score (nSPS) is 30.1. The van der Waals surface area contributed by atoms with E-state index in [4.69, 9.17) is 9.41 Å². The van der Waals surface area contributed by atoms with Crippen LogP contribution in [0.3, 0.4) is 0 Å². The molecule has 2 fully saturated rings. The lowest BCUT2D eigenvalue weighted by Crippen LogP contribution is -2.58. The molecule has 5 atom stereocenters. The molecule has 4 nitrogen and oxygen atoms in total. The highest BCUT2D eigenvalue weighted by molar-refractivity contribution is 6.56. The first kappa shape index (κ1) is 30.9. The van der Waals surface area contributed by atoms with Gasteiger partial charge in [0.15, 0.2) is 0 Å². The minimum absolute atomic E-state index is 0.235. The molecular formula is C36H58N3OSi. The first-order valence-corrected chi connectivity index (χ1v) is 18.1. The molecule has 1 aromatic carbocycles. The van der Waals surface area contributed by atoms with Gasteiger partial charge < -0.3 is 14.7 Å². The van der Waals surface area contributed by atoms with Crippen LogP contribution < -0.4 is 5.32 Å². The molecule has 0 unspecified atom stereocenters. The lowest BCUT2D eigenvalue weighted by Gasteiger charge is -2.63. The Morgan fingerprint density at radius 2 is 1.85 bits per heavy atom. The summed E-state index contributed by atoms with van der Waals surface area (Å²) in [4.78, 5) is 8.48. The molecular weight excluding hydrogens is 519 g/mol. The predicted molar refractivity (Wildman–Crippen MR) is 177 cm³/mol. The van der Waals surface area contributed by atoms with Gasteiger partial charge in [-0.05, 0) is 116 Å². The first-order chi connectivity index (χ1) is 19.3. The largest absolute Gasteiger partial charge is 0.412 e. The molecule has 227 valence electrons. The Kier molecular flexibility index (Phi) is 8.64. The molecule has 41 heavy (non-hydrogen) atoms. The van der Waals surface area contributed by atoms with E-state index < -0.39 is 9.04 Å². The molecule has 1 aromatic heterocycles. The molecule has 0 spiro atoms. The van der Waals surface area contributed by atoms with E-state index in [2.05, 4.69) is 90.8 Å². The molecule has 2 saturated carbocycles. The fourth-order valence-electron chi connectivity index (χ4n) is 9.74. The topological polar surface area (TPSA) is 49.9 Å². The van der Waals surface area contributed by atoms with Gasteiger partial charge >= 0.3 is 0 Å². The third-order valence-corrected chi connectivity index (χ3v) is 14.7. The van der Waals surface area contributed by atoms with E-state index in [0.717, 1.165) is 46.7 Å². The van der Waals surface area contributed by atoms with E-state index >= 15 is 0 Å². The van der Waals surface area contributed by atoms with Crippen molar-refractivity contribution in [3.05, 3.63) is 35.2 Å². The van der Waals surface area contributed by atoms with Gasteiger partial charge in [0, 0.05) is 19.2 Å². The number of aromatic nitrogens is 2. The lowest BCUT2D eigenvalue weighted by atomic mass is 9.43. The van der Waals surface area contributed by atoms with Gasteiger partial charge in [-0.25, -0.2) is 4.98 Å². The number of hydrogen-bond acceptors (Lipinski definition) is 3. The summed E-state index contributed by atoms with van der Waals surface area (Å²) >= 11 is 0. The monoisotopic (exact) mass is 576 g/mol. The lowest BCUT2D eigenvalue weighted by molar-refractivity contribution is -0.144. The summed E-state index contributed by atoms with van der Waals surface area (Å²) in [5.74, 6) is 3.48. The number of allylic oxidation sites excluding steroid dienone is 2. The molecule has 5 heteroatoms. The average Bonchev–Trinajstić information content (AvgIpc) is 3.30. The standard InChI is InChI=1S/C36H58N3OSi/c1-23(2)41(34(4,5)6)40-32-20-21-36(9)28-17-14-24(3)26(27(28)16-19-31(36)35(32,7)8)12-11-13-33-38-29-18-15-25(37-10)22-30(29)39-33/h15,18,22-23,27-28,31-32,37H,11-14,16-17,19-21H2,1-10H3,(H,38,39)/t27-,28-,31-,32-,36+/m0/s1. The number of H-pyrrole nitrogens is 1. The molecule has 0 aliphatic heterocycles. The zero-order chi connectivity index (χ0) is 29.7. The zero-order valence-corrected chi connectivity index (χ0v) is 28.8. The number of aryl methyl sites for hydroxylation is 1. The van der Waals surface area contributed by atoms with Gasteiger partial charge in [-0.1, -0.05) is 66.5 Å². The van der Waals surface area contributed by atoms with E-state index in [1.807, 2.05) is 12.6 Å². The van der Waals surface area contributed by atoms with Crippen LogP contribution >= 0.6 is 0 Å². The molecule has 3 aliphatic carbocycles. The van der Waals surface area contributed by atoms with Crippen molar-refractivity contribution < 1.29 is 4.43 Å². The Balaban J connectivity index is 1.28. The minimum Gasteiger partial charge on any atom is -0.412 e.